The number of rotatable bonds is 20. The van der Waals surface area contributed by atoms with Crippen molar-refractivity contribution in [1.82, 2.24) is 0 Å². The molecule has 3 heteroatoms. The van der Waals surface area contributed by atoms with Gasteiger partial charge in [0, 0.05) is 6.42 Å². The van der Waals surface area contributed by atoms with Gasteiger partial charge in [0.05, 0.1) is 12.7 Å². The summed E-state index contributed by atoms with van der Waals surface area (Å²) in [6.45, 7) is 2.44. The van der Waals surface area contributed by atoms with E-state index in [1.807, 2.05) is 37.3 Å². The van der Waals surface area contributed by atoms with Gasteiger partial charge in [-0.1, -0.05) is 127 Å². The number of aliphatic hydroxyl groups excluding tert-OH is 1. The predicted molar refractivity (Wildman–Crippen MR) is 127 cm³/mol. The van der Waals surface area contributed by atoms with Crippen LogP contribution in [0.5, 0.6) is 0 Å². The van der Waals surface area contributed by atoms with Crippen molar-refractivity contribution in [2.75, 3.05) is 6.61 Å². The maximum atomic E-state index is 11.0. The lowest BCUT2D eigenvalue weighted by Crippen LogP contribution is -2.03. The molecule has 172 valence electrons. The number of esters is 1. The van der Waals surface area contributed by atoms with Gasteiger partial charge in [0.1, 0.15) is 0 Å². The minimum atomic E-state index is -0.295. The molecule has 0 amide bonds. The lowest BCUT2D eigenvalue weighted by atomic mass is 10.0. The van der Waals surface area contributed by atoms with E-state index in [4.69, 9.17) is 4.74 Å². The first-order valence-corrected chi connectivity index (χ1v) is 12.6. The molecule has 1 atom stereocenters. The SMILES string of the molecule is CCC(=O)OCCCCCCCCCCCCCCCCCC(O)c1ccccc1. The Morgan fingerprint density at radius 2 is 1.17 bits per heavy atom. The van der Waals surface area contributed by atoms with Crippen molar-refractivity contribution < 1.29 is 14.6 Å². The average Bonchev–Trinajstić information content (AvgIpc) is 2.78. The number of hydrogen-bond donors (Lipinski definition) is 1. The van der Waals surface area contributed by atoms with Crippen LogP contribution in [0.1, 0.15) is 128 Å². The fourth-order valence-electron chi connectivity index (χ4n) is 3.87. The largest absolute Gasteiger partial charge is 0.466 e. The van der Waals surface area contributed by atoms with Gasteiger partial charge in [0.25, 0.3) is 0 Å². The van der Waals surface area contributed by atoms with Gasteiger partial charge in [-0.25, -0.2) is 0 Å². The molecule has 0 fully saturated rings. The summed E-state index contributed by atoms with van der Waals surface area (Å²) in [6, 6.07) is 10.0. The number of aliphatic hydroxyl groups is 1. The number of carbonyl (C=O) groups excluding carboxylic acids is 1. The minimum absolute atomic E-state index is 0.0753. The first-order chi connectivity index (χ1) is 14.7. The molecule has 0 radical (unpaired) electrons. The Morgan fingerprint density at radius 3 is 1.63 bits per heavy atom. The number of unbranched alkanes of at least 4 members (excludes halogenated alkanes) is 14. The summed E-state index contributed by atoms with van der Waals surface area (Å²) in [4.78, 5) is 11.0. The summed E-state index contributed by atoms with van der Waals surface area (Å²) >= 11 is 0. The van der Waals surface area contributed by atoms with Gasteiger partial charge in [0.15, 0.2) is 0 Å². The van der Waals surface area contributed by atoms with Crippen LogP contribution in [-0.2, 0) is 9.53 Å². The van der Waals surface area contributed by atoms with Crippen molar-refractivity contribution in [3.05, 3.63) is 35.9 Å². The van der Waals surface area contributed by atoms with Crippen molar-refractivity contribution in [3.63, 3.8) is 0 Å². The third-order valence-electron chi connectivity index (χ3n) is 5.86. The highest BCUT2D eigenvalue weighted by Gasteiger charge is 2.05. The smallest absolute Gasteiger partial charge is 0.305 e. The van der Waals surface area contributed by atoms with E-state index < -0.39 is 0 Å². The highest BCUT2D eigenvalue weighted by molar-refractivity contribution is 5.68. The van der Waals surface area contributed by atoms with Crippen molar-refractivity contribution in [2.45, 2.75) is 122 Å². The zero-order valence-electron chi connectivity index (χ0n) is 19.5. The molecule has 1 aromatic carbocycles. The predicted octanol–water partition coefficient (Wildman–Crippen LogP) is 7.91. The molecule has 3 nitrogen and oxygen atoms in total. The molecule has 0 bridgehead atoms. The van der Waals surface area contributed by atoms with Gasteiger partial charge in [-0.2, -0.15) is 0 Å². The summed E-state index contributed by atoms with van der Waals surface area (Å²) in [6.07, 6.45) is 20.5. The molecular weight excluding hydrogens is 372 g/mol. The third kappa shape index (κ3) is 15.5. The van der Waals surface area contributed by atoms with E-state index >= 15 is 0 Å². The zero-order valence-corrected chi connectivity index (χ0v) is 19.5. The molecule has 1 N–H and O–H groups in total. The molecule has 0 saturated carbocycles. The first kappa shape index (κ1) is 26.7. The van der Waals surface area contributed by atoms with Gasteiger partial charge in [-0.3, -0.25) is 4.79 Å². The van der Waals surface area contributed by atoms with Crippen LogP contribution >= 0.6 is 0 Å². The lowest BCUT2D eigenvalue weighted by molar-refractivity contribution is -0.143. The molecule has 30 heavy (non-hydrogen) atoms. The molecule has 1 rings (SSSR count). The maximum absolute atomic E-state index is 11.0. The van der Waals surface area contributed by atoms with E-state index in [0.717, 1.165) is 24.8 Å². The number of carbonyl (C=O) groups is 1. The fraction of sp³-hybridized carbons (Fsp3) is 0.741. The van der Waals surface area contributed by atoms with E-state index in [-0.39, 0.29) is 12.1 Å². The lowest BCUT2D eigenvalue weighted by Gasteiger charge is -2.10. The Balaban J connectivity index is 1.73. The molecule has 0 heterocycles. The van der Waals surface area contributed by atoms with Crippen LogP contribution in [0, 0.1) is 0 Å². The number of benzene rings is 1. The maximum Gasteiger partial charge on any atom is 0.305 e. The van der Waals surface area contributed by atoms with Crippen LogP contribution in [0.3, 0.4) is 0 Å². The second-order valence-corrected chi connectivity index (χ2v) is 8.59. The summed E-state index contributed by atoms with van der Waals surface area (Å²) in [7, 11) is 0. The molecule has 1 unspecified atom stereocenters. The summed E-state index contributed by atoms with van der Waals surface area (Å²) in [5, 5.41) is 10.2. The Kier molecular flexibility index (Phi) is 17.4. The fourth-order valence-corrected chi connectivity index (χ4v) is 3.87. The molecule has 0 aliphatic heterocycles. The van der Waals surface area contributed by atoms with E-state index in [0.29, 0.717) is 13.0 Å². The van der Waals surface area contributed by atoms with Crippen LogP contribution in [0.25, 0.3) is 0 Å². The van der Waals surface area contributed by atoms with Crippen molar-refractivity contribution in [1.29, 1.82) is 0 Å². The van der Waals surface area contributed by atoms with Crippen molar-refractivity contribution in [2.24, 2.45) is 0 Å². The highest BCUT2D eigenvalue weighted by atomic mass is 16.5. The zero-order chi connectivity index (χ0) is 21.7. The van der Waals surface area contributed by atoms with E-state index in [1.54, 1.807) is 0 Å². The second kappa shape index (κ2) is 19.6. The highest BCUT2D eigenvalue weighted by Crippen LogP contribution is 2.20. The number of ether oxygens (including phenoxy) is 1. The van der Waals surface area contributed by atoms with Crippen LogP contribution in [0.2, 0.25) is 0 Å². The molecular formula is C27H46O3. The van der Waals surface area contributed by atoms with Crippen LogP contribution in [0.15, 0.2) is 30.3 Å². The van der Waals surface area contributed by atoms with Gasteiger partial charge in [-0.15, -0.1) is 0 Å². The summed E-state index contributed by atoms with van der Waals surface area (Å²) in [5.74, 6) is -0.0753. The van der Waals surface area contributed by atoms with E-state index in [9.17, 15) is 9.90 Å². The molecule has 0 aliphatic carbocycles. The Bertz CT molecular complexity index is 500. The van der Waals surface area contributed by atoms with Crippen molar-refractivity contribution in [3.8, 4) is 0 Å². The normalized spacial score (nSPS) is 12.1. The minimum Gasteiger partial charge on any atom is -0.466 e. The summed E-state index contributed by atoms with van der Waals surface area (Å²) < 4.78 is 5.09. The average molecular weight is 419 g/mol. The molecule has 0 spiro atoms. The molecule has 1 aromatic rings. The molecule has 0 aromatic heterocycles. The van der Waals surface area contributed by atoms with E-state index in [1.165, 1.54) is 83.5 Å². The van der Waals surface area contributed by atoms with Gasteiger partial charge >= 0.3 is 5.97 Å². The van der Waals surface area contributed by atoms with Gasteiger partial charge in [-0.05, 0) is 18.4 Å². The van der Waals surface area contributed by atoms with Crippen molar-refractivity contribution >= 4 is 5.97 Å². The Morgan fingerprint density at radius 1 is 0.733 bits per heavy atom. The Hall–Kier alpha value is -1.35. The van der Waals surface area contributed by atoms with Gasteiger partial charge < -0.3 is 9.84 Å². The quantitative estimate of drug-likeness (QED) is 0.173. The molecule has 0 aliphatic rings. The standard InChI is InChI=1S/C27H46O3/c1-2-27(29)30-24-20-15-13-11-9-7-5-3-4-6-8-10-12-14-19-23-26(28)25-21-17-16-18-22-25/h16-18,21-22,26,28H,2-15,19-20,23-24H2,1H3. The topological polar surface area (TPSA) is 46.5 Å². The first-order valence-electron chi connectivity index (χ1n) is 12.6. The number of hydrogen-bond acceptors (Lipinski definition) is 3. The third-order valence-corrected chi connectivity index (χ3v) is 5.86. The van der Waals surface area contributed by atoms with Crippen LogP contribution in [0.4, 0.5) is 0 Å². The van der Waals surface area contributed by atoms with Crippen LogP contribution in [-0.4, -0.2) is 17.7 Å². The Labute approximate surface area is 185 Å². The van der Waals surface area contributed by atoms with E-state index in [2.05, 4.69) is 0 Å². The second-order valence-electron chi connectivity index (χ2n) is 8.59. The van der Waals surface area contributed by atoms with Gasteiger partial charge in [0.2, 0.25) is 0 Å². The summed E-state index contributed by atoms with van der Waals surface area (Å²) in [5.41, 5.74) is 1.05. The van der Waals surface area contributed by atoms with Crippen LogP contribution < -0.4 is 0 Å². The molecule has 0 saturated heterocycles. The monoisotopic (exact) mass is 418 g/mol.